The van der Waals surface area contributed by atoms with E-state index < -0.39 is 0 Å². The van der Waals surface area contributed by atoms with Crippen LogP contribution in [-0.4, -0.2) is 16.1 Å². The zero-order valence-electron chi connectivity index (χ0n) is 13.4. The highest BCUT2D eigenvalue weighted by atomic mass is 16.3. The summed E-state index contributed by atoms with van der Waals surface area (Å²) in [6.45, 7) is 4.20. The topological polar surface area (TPSA) is 54.2 Å². The molecule has 1 aliphatic heterocycles. The van der Waals surface area contributed by atoms with Crippen LogP contribution in [0.5, 0.6) is 0 Å². The molecular weight excluding hydrogens is 300 g/mol. The van der Waals surface area contributed by atoms with Gasteiger partial charge in [-0.1, -0.05) is 30.3 Å². The van der Waals surface area contributed by atoms with Crippen LogP contribution in [0.15, 0.2) is 53.2 Å². The van der Waals surface area contributed by atoms with Gasteiger partial charge in [0.05, 0.1) is 5.69 Å². The van der Waals surface area contributed by atoms with Gasteiger partial charge in [0, 0.05) is 23.2 Å². The summed E-state index contributed by atoms with van der Waals surface area (Å²) >= 11 is 0. The van der Waals surface area contributed by atoms with Crippen LogP contribution in [0.2, 0.25) is 0 Å². The fourth-order valence-electron chi connectivity index (χ4n) is 3.53. The van der Waals surface area contributed by atoms with Crippen molar-refractivity contribution >= 4 is 39.3 Å². The Kier molecular flexibility index (Phi) is 2.62. The molecule has 2 aromatic carbocycles. The average molecular weight is 316 g/mol. The molecule has 3 heterocycles. The molecule has 5 nitrogen and oxygen atoms in total. The van der Waals surface area contributed by atoms with Gasteiger partial charge in [-0.05, 0) is 25.5 Å². The number of anilines is 3. The van der Waals surface area contributed by atoms with E-state index in [0.29, 0.717) is 0 Å². The van der Waals surface area contributed by atoms with Crippen molar-refractivity contribution in [3.05, 3.63) is 54.4 Å². The third-order valence-corrected chi connectivity index (χ3v) is 4.60. The summed E-state index contributed by atoms with van der Waals surface area (Å²) in [5, 5.41) is 5.64. The minimum atomic E-state index is 0.0555. The van der Waals surface area contributed by atoms with E-state index in [-0.39, 0.29) is 6.17 Å². The van der Waals surface area contributed by atoms with Crippen LogP contribution in [0.3, 0.4) is 0 Å². The van der Waals surface area contributed by atoms with Gasteiger partial charge in [0.1, 0.15) is 11.7 Å². The number of benzene rings is 2. The van der Waals surface area contributed by atoms with Gasteiger partial charge in [-0.3, -0.25) is 4.90 Å². The summed E-state index contributed by atoms with van der Waals surface area (Å²) in [5.74, 6) is 1.64. The zero-order valence-corrected chi connectivity index (χ0v) is 13.4. The number of para-hydroxylation sites is 1. The molecule has 0 spiro atoms. The fourth-order valence-corrected chi connectivity index (χ4v) is 3.53. The van der Waals surface area contributed by atoms with Gasteiger partial charge in [0.25, 0.3) is 0 Å². The lowest BCUT2D eigenvalue weighted by Crippen LogP contribution is -2.29. The van der Waals surface area contributed by atoms with Gasteiger partial charge in [-0.25, -0.2) is 9.97 Å². The largest absolute Gasteiger partial charge is 0.454 e. The molecule has 4 aromatic rings. The van der Waals surface area contributed by atoms with Gasteiger partial charge >= 0.3 is 0 Å². The van der Waals surface area contributed by atoms with Crippen molar-refractivity contribution in [3.8, 4) is 0 Å². The maximum atomic E-state index is 6.22. The Balaban J connectivity index is 1.85. The van der Waals surface area contributed by atoms with Crippen molar-refractivity contribution in [1.29, 1.82) is 0 Å². The molecule has 1 aliphatic rings. The molecule has 0 fully saturated rings. The van der Waals surface area contributed by atoms with Gasteiger partial charge in [-0.2, -0.15) is 0 Å². The van der Waals surface area contributed by atoms with Crippen molar-refractivity contribution < 1.29 is 4.42 Å². The Morgan fingerprint density at radius 3 is 2.79 bits per heavy atom. The van der Waals surface area contributed by atoms with Crippen molar-refractivity contribution in [2.24, 2.45) is 0 Å². The van der Waals surface area contributed by atoms with Gasteiger partial charge in [-0.15, -0.1) is 0 Å². The molecule has 118 valence electrons. The highest BCUT2D eigenvalue weighted by Gasteiger charge is 2.32. The van der Waals surface area contributed by atoms with Crippen LogP contribution in [-0.2, 0) is 0 Å². The maximum absolute atomic E-state index is 6.22. The summed E-state index contributed by atoms with van der Waals surface area (Å²) < 4.78 is 6.22. The Morgan fingerprint density at radius 2 is 1.88 bits per heavy atom. The number of nitrogens with one attached hydrogen (secondary N) is 1. The lowest BCUT2D eigenvalue weighted by atomic mass is 10.1. The number of furan rings is 1. The van der Waals surface area contributed by atoms with E-state index in [1.165, 1.54) is 0 Å². The fraction of sp³-hybridized carbons (Fsp3) is 0.158. The van der Waals surface area contributed by atoms with Gasteiger partial charge in [0.15, 0.2) is 17.2 Å². The number of nitrogens with zero attached hydrogens (tertiary/aromatic N) is 3. The molecule has 0 radical (unpaired) electrons. The first-order valence-electron chi connectivity index (χ1n) is 8.01. The van der Waals surface area contributed by atoms with E-state index in [2.05, 4.69) is 52.2 Å². The van der Waals surface area contributed by atoms with Crippen LogP contribution < -0.4 is 10.2 Å². The molecule has 5 heteroatoms. The smallest absolute Gasteiger partial charge is 0.178 e. The van der Waals surface area contributed by atoms with Crippen molar-refractivity contribution in [3.63, 3.8) is 0 Å². The first kappa shape index (κ1) is 13.4. The molecule has 5 rings (SSSR count). The lowest BCUT2D eigenvalue weighted by Gasteiger charge is -2.24. The number of hydrogen-bond donors (Lipinski definition) is 1. The minimum absolute atomic E-state index is 0.0555. The lowest BCUT2D eigenvalue weighted by molar-refractivity contribution is 0.665. The molecule has 1 atom stereocenters. The van der Waals surface area contributed by atoms with Crippen LogP contribution >= 0.6 is 0 Å². The van der Waals surface area contributed by atoms with Crippen molar-refractivity contribution in [1.82, 2.24) is 9.97 Å². The third-order valence-electron chi connectivity index (χ3n) is 4.60. The first-order valence-corrected chi connectivity index (χ1v) is 8.01. The third kappa shape index (κ3) is 1.69. The molecule has 0 saturated heterocycles. The quantitative estimate of drug-likeness (QED) is 0.556. The summed E-state index contributed by atoms with van der Waals surface area (Å²) in [6, 6.07) is 12.4. The summed E-state index contributed by atoms with van der Waals surface area (Å²) in [5.41, 5.74) is 3.98. The van der Waals surface area contributed by atoms with Gasteiger partial charge in [0.2, 0.25) is 0 Å². The number of fused-ring (bicyclic) bond motifs is 4. The van der Waals surface area contributed by atoms with Crippen LogP contribution in [0.25, 0.3) is 21.9 Å². The van der Waals surface area contributed by atoms with Crippen molar-refractivity contribution in [2.75, 3.05) is 10.2 Å². The van der Waals surface area contributed by atoms with Crippen LogP contribution in [0.4, 0.5) is 17.3 Å². The summed E-state index contributed by atoms with van der Waals surface area (Å²) in [6.07, 6.45) is 3.48. The molecule has 0 unspecified atom stereocenters. The van der Waals surface area contributed by atoms with Crippen LogP contribution in [0.1, 0.15) is 12.5 Å². The van der Waals surface area contributed by atoms with E-state index >= 15 is 0 Å². The Labute approximate surface area is 138 Å². The molecule has 1 N–H and O–H groups in total. The number of aromatic nitrogens is 2. The summed E-state index contributed by atoms with van der Waals surface area (Å²) in [7, 11) is 0. The maximum Gasteiger partial charge on any atom is 0.178 e. The predicted octanol–water partition coefficient (Wildman–Crippen LogP) is 4.59. The van der Waals surface area contributed by atoms with E-state index in [1.54, 1.807) is 12.4 Å². The van der Waals surface area contributed by atoms with Gasteiger partial charge < -0.3 is 9.73 Å². The molecule has 0 saturated carbocycles. The number of hydrogen-bond acceptors (Lipinski definition) is 5. The second kappa shape index (κ2) is 4.71. The molecule has 24 heavy (non-hydrogen) atoms. The highest BCUT2D eigenvalue weighted by molar-refractivity contribution is 6.10. The Morgan fingerprint density at radius 1 is 1.04 bits per heavy atom. The number of aryl methyl sites for hydroxylation is 1. The number of rotatable bonds is 1. The van der Waals surface area contributed by atoms with E-state index in [1.807, 2.05) is 18.2 Å². The summed E-state index contributed by atoms with van der Waals surface area (Å²) in [4.78, 5) is 11.1. The van der Waals surface area contributed by atoms with Crippen molar-refractivity contribution in [2.45, 2.75) is 20.0 Å². The molecule has 0 amide bonds. The first-order chi connectivity index (χ1) is 11.7. The zero-order chi connectivity index (χ0) is 16.3. The standard InChI is InChI=1S/C19H16N4O/c1-11-7-8-14-13-5-3-4-6-15(13)24-17(14)16(11)23-12(2)22-18-19(23)21-10-9-20-18/h3-10,12H,1-2H3,(H,20,22)/t12-/m0/s1. The predicted molar refractivity (Wildman–Crippen MR) is 95.7 cm³/mol. The SMILES string of the molecule is Cc1ccc2c(oc3ccccc32)c1N1c2nccnc2N[C@@H]1C. The molecule has 2 aromatic heterocycles. The molecule has 0 bridgehead atoms. The van der Waals surface area contributed by atoms with Crippen LogP contribution in [0, 0.1) is 6.92 Å². The monoisotopic (exact) mass is 316 g/mol. The second-order valence-electron chi connectivity index (χ2n) is 6.12. The molecule has 0 aliphatic carbocycles. The average Bonchev–Trinajstić information content (AvgIpc) is 3.12. The Hall–Kier alpha value is -3.08. The van der Waals surface area contributed by atoms with E-state index in [9.17, 15) is 0 Å². The minimum Gasteiger partial charge on any atom is -0.454 e. The highest BCUT2D eigenvalue weighted by Crippen LogP contribution is 2.44. The Bertz CT molecular complexity index is 1090. The second-order valence-corrected chi connectivity index (χ2v) is 6.12. The normalized spacial score (nSPS) is 16.6. The molecular formula is C19H16N4O. The van der Waals surface area contributed by atoms with E-state index in [0.717, 1.165) is 44.8 Å². The van der Waals surface area contributed by atoms with E-state index in [4.69, 9.17) is 4.42 Å².